The van der Waals surface area contributed by atoms with Crippen molar-refractivity contribution in [2.24, 2.45) is 17.8 Å². The van der Waals surface area contributed by atoms with Gasteiger partial charge in [0.15, 0.2) is 9.84 Å². The number of unbranched alkanes of at least 4 members (excludes halogenated alkanes) is 1. The number of hydrogen-bond acceptors (Lipinski definition) is 2. The fourth-order valence-electron chi connectivity index (χ4n) is 4.59. The molecule has 0 aromatic carbocycles. The van der Waals surface area contributed by atoms with Crippen molar-refractivity contribution in [3.63, 3.8) is 0 Å². The molecule has 0 aliphatic heterocycles. The second kappa shape index (κ2) is 8.70. The zero-order valence-corrected chi connectivity index (χ0v) is 15.5. The SMILES string of the molecule is CCCCS(=O)(=O)C1CCC(CC2CCC(CC)CC2)CC1. The predicted molar refractivity (Wildman–Crippen MR) is 94.8 cm³/mol. The van der Waals surface area contributed by atoms with Gasteiger partial charge >= 0.3 is 0 Å². The van der Waals surface area contributed by atoms with Gasteiger partial charge in [0.2, 0.25) is 0 Å². The van der Waals surface area contributed by atoms with Crippen LogP contribution < -0.4 is 0 Å². The lowest BCUT2D eigenvalue weighted by Gasteiger charge is -2.33. The minimum absolute atomic E-state index is 0.0221. The Morgan fingerprint density at radius 3 is 1.77 bits per heavy atom. The fraction of sp³-hybridized carbons (Fsp3) is 1.00. The molecule has 0 saturated heterocycles. The van der Waals surface area contributed by atoms with Crippen LogP contribution in [-0.4, -0.2) is 19.4 Å². The van der Waals surface area contributed by atoms with Crippen molar-refractivity contribution in [3.8, 4) is 0 Å². The van der Waals surface area contributed by atoms with Crippen molar-refractivity contribution in [2.45, 2.75) is 96.1 Å². The van der Waals surface area contributed by atoms with Gasteiger partial charge in [0, 0.05) is 0 Å². The lowest BCUT2D eigenvalue weighted by molar-refractivity contribution is 0.209. The zero-order chi connectivity index (χ0) is 16.0. The first-order valence-electron chi connectivity index (χ1n) is 9.76. The maximum atomic E-state index is 12.3. The van der Waals surface area contributed by atoms with E-state index < -0.39 is 9.84 Å². The van der Waals surface area contributed by atoms with E-state index in [0.29, 0.717) is 5.75 Å². The summed E-state index contributed by atoms with van der Waals surface area (Å²) in [6, 6.07) is 0. The summed E-state index contributed by atoms with van der Waals surface area (Å²) >= 11 is 0. The molecule has 2 rings (SSSR count). The Morgan fingerprint density at radius 2 is 1.27 bits per heavy atom. The van der Waals surface area contributed by atoms with Crippen molar-refractivity contribution < 1.29 is 8.42 Å². The Balaban J connectivity index is 1.71. The Labute approximate surface area is 138 Å². The average molecular weight is 329 g/mol. The molecule has 0 N–H and O–H groups in total. The van der Waals surface area contributed by atoms with Gasteiger partial charge in [-0.2, -0.15) is 0 Å². The molecule has 0 radical (unpaired) electrons. The van der Waals surface area contributed by atoms with Crippen molar-refractivity contribution >= 4 is 9.84 Å². The summed E-state index contributed by atoms with van der Waals surface area (Å²) in [4.78, 5) is 0. The average Bonchev–Trinajstić information content (AvgIpc) is 2.54. The molecule has 2 aliphatic carbocycles. The third kappa shape index (κ3) is 5.25. The highest BCUT2D eigenvalue weighted by Crippen LogP contribution is 2.38. The van der Waals surface area contributed by atoms with Crippen LogP contribution in [0.15, 0.2) is 0 Å². The third-order valence-electron chi connectivity index (χ3n) is 6.29. The lowest BCUT2D eigenvalue weighted by Crippen LogP contribution is -2.30. The van der Waals surface area contributed by atoms with Crippen LogP contribution in [-0.2, 0) is 9.84 Å². The number of sulfone groups is 1. The molecule has 130 valence electrons. The quantitative estimate of drug-likeness (QED) is 0.630. The Hall–Kier alpha value is -0.0500. The van der Waals surface area contributed by atoms with Gasteiger partial charge < -0.3 is 0 Å². The summed E-state index contributed by atoms with van der Waals surface area (Å²) < 4.78 is 24.6. The first-order valence-corrected chi connectivity index (χ1v) is 11.5. The molecule has 2 nitrogen and oxygen atoms in total. The molecule has 0 atom stereocenters. The second-order valence-electron chi connectivity index (χ2n) is 7.89. The molecule has 22 heavy (non-hydrogen) atoms. The largest absolute Gasteiger partial charge is 0.229 e. The van der Waals surface area contributed by atoms with E-state index in [0.717, 1.165) is 56.3 Å². The molecule has 0 aromatic rings. The van der Waals surface area contributed by atoms with Crippen molar-refractivity contribution in [1.82, 2.24) is 0 Å². The van der Waals surface area contributed by atoms with Crippen LogP contribution in [0, 0.1) is 17.8 Å². The topological polar surface area (TPSA) is 34.1 Å². The normalized spacial score (nSPS) is 33.7. The van der Waals surface area contributed by atoms with Gasteiger partial charge in [-0.1, -0.05) is 52.4 Å². The van der Waals surface area contributed by atoms with Crippen molar-refractivity contribution in [2.75, 3.05) is 5.75 Å². The molecule has 0 amide bonds. The first-order chi connectivity index (χ1) is 10.5. The van der Waals surface area contributed by atoms with Gasteiger partial charge in [0.05, 0.1) is 11.0 Å². The highest BCUT2D eigenvalue weighted by molar-refractivity contribution is 7.92. The van der Waals surface area contributed by atoms with Gasteiger partial charge in [0.1, 0.15) is 0 Å². The maximum Gasteiger partial charge on any atom is 0.153 e. The van der Waals surface area contributed by atoms with Crippen molar-refractivity contribution in [3.05, 3.63) is 0 Å². The molecule has 3 heteroatoms. The van der Waals surface area contributed by atoms with Crippen LogP contribution in [0.1, 0.15) is 90.9 Å². The van der Waals surface area contributed by atoms with Gasteiger partial charge in [-0.3, -0.25) is 0 Å². The Morgan fingerprint density at radius 1 is 0.773 bits per heavy atom. The Bertz CT molecular complexity index is 399. The smallest absolute Gasteiger partial charge is 0.153 e. The van der Waals surface area contributed by atoms with Crippen LogP contribution in [0.25, 0.3) is 0 Å². The highest BCUT2D eigenvalue weighted by Gasteiger charge is 2.31. The minimum atomic E-state index is -2.81. The fourth-order valence-corrected chi connectivity index (χ4v) is 6.60. The summed E-state index contributed by atoms with van der Waals surface area (Å²) in [5.74, 6) is 3.14. The Kier molecular flexibility index (Phi) is 7.24. The summed E-state index contributed by atoms with van der Waals surface area (Å²) in [6.45, 7) is 4.39. The number of hydrogen-bond donors (Lipinski definition) is 0. The molecule has 2 saturated carbocycles. The van der Waals surface area contributed by atoms with Crippen LogP contribution in [0.3, 0.4) is 0 Å². The first kappa shape index (κ1) is 18.3. The summed E-state index contributed by atoms with van der Waals surface area (Å²) in [6.07, 6.45) is 14.4. The maximum absolute atomic E-state index is 12.3. The van der Waals surface area contributed by atoms with Gasteiger partial charge in [-0.05, 0) is 56.3 Å². The third-order valence-corrected chi connectivity index (χ3v) is 8.64. The standard InChI is InChI=1S/C19H36O2S/c1-3-5-14-22(20,21)19-12-10-18(11-13-19)15-17-8-6-16(4-2)7-9-17/h16-19H,3-15H2,1-2H3. The zero-order valence-electron chi connectivity index (χ0n) is 14.7. The molecule has 2 fully saturated rings. The van der Waals surface area contributed by atoms with E-state index in [2.05, 4.69) is 13.8 Å². The van der Waals surface area contributed by atoms with E-state index in [9.17, 15) is 8.42 Å². The van der Waals surface area contributed by atoms with Gasteiger partial charge in [-0.15, -0.1) is 0 Å². The summed E-state index contributed by atoms with van der Waals surface area (Å²) in [7, 11) is -2.81. The molecule has 0 unspecified atom stereocenters. The van der Waals surface area contributed by atoms with E-state index in [4.69, 9.17) is 0 Å². The van der Waals surface area contributed by atoms with E-state index in [1.807, 2.05) is 0 Å². The predicted octanol–water partition coefficient (Wildman–Crippen LogP) is 5.37. The molecular weight excluding hydrogens is 292 g/mol. The molecule has 0 bridgehead atoms. The monoisotopic (exact) mass is 328 g/mol. The van der Waals surface area contributed by atoms with Gasteiger partial charge in [-0.25, -0.2) is 8.42 Å². The van der Waals surface area contributed by atoms with E-state index in [1.165, 1.54) is 38.5 Å². The summed E-state index contributed by atoms with van der Waals surface area (Å²) in [5, 5.41) is -0.0221. The molecule has 2 aliphatic rings. The van der Waals surface area contributed by atoms with E-state index in [-0.39, 0.29) is 5.25 Å². The van der Waals surface area contributed by atoms with Crippen LogP contribution in [0.2, 0.25) is 0 Å². The van der Waals surface area contributed by atoms with Gasteiger partial charge in [0.25, 0.3) is 0 Å². The molecular formula is C19H36O2S. The summed E-state index contributed by atoms with van der Waals surface area (Å²) in [5.41, 5.74) is 0. The van der Waals surface area contributed by atoms with E-state index >= 15 is 0 Å². The number of rotatable bonds is 7. The van der Waals surface area contributed by atoms with Crippen LogP contribution in [0.5, 0.6) is 0 Å². The minimum Gasteiger partial charge on any atom is -0.229 e. The highest BCUT2D eigenvalue weighted by atomic mass is 32.2. The second-order valence-corrected chi connectivity index (χ2v) is 10.3. The molecule has 0 aromatic heterocycles. The molecule has 0 spiro atoms. The molecule has 0 heterocycles. The van der Waals surface area contributed by atoms with Crippen LogP contribution in [0.4, 0.5) is 0 Å². The van der Waals surface area contributed by atoms with Crippen molar-refractivity contribution in [1.29, 1.82) is 0 Å². The lowest BCUT2D eigenvalue weighted by atomic mass is 9.74. The van der Waals surface area contributed by atoms with E-state index in [1.54, 1.807) is 0 Å². The van der Waals surface area contributed by atoms with Crippen LogP contribution >= 0.6 is 0 Å².